The number of likely N-dealkylation sites (tertiary alicyclic amines) is 1. The van der Waals surface area contributed by atoms with Crippen LogP contribution in [-0.4, -0.2) is 49.4 Å². The van der Waals surface area contributed by atoms with Gasteiger partial charge in [0, 0.05) is 18.8 Å². The van der Waals surface area contributed by atoms with Gasteiger partial charge in [0.05, 0.1) is 7.05 Å². The van der Waals surface area contributed by atoms with Crippen molar-refractivity contribution >= 4 is 17.5 Å². The molecule has 0 aromatic heterocycles. The molecule has 1 aliphatic heterocycles. The number of piperidine rings is 1. The zero-order valence-electron chi connectivity index (χ0n) is 15.5. The first kappa shape index (κ1) is 19.4. The molecule has 2 rings (SSSR count). The van der Waals surface area contributed by atoms with Gasteiger partial charge in [-0.15, -0.1) is 0 Å². The van der Waals surface area contributed by atoms with E-state index in [1.807, 2.05) is 18.9 Å². The van der Waals surface area contributed by atoms with E-state index in [0.717, 1.165) is 24.4 Å². The van der Waals surface area contributed by atoms with Crippen LogP contribution in [0.15, 0.2) is 24.3 Å². The van der Waals surface area contributed by atoms with Crippen molar-refractivity contribution < 1.29 is 18.9 Å². The molecule has 1 aromatic rings. The standard InChI is InChI=1S/C19H28FN3O2/c1-13-9-14(2)11-23(10-13)19(25)15(3)22(4)12-18(24)21-17-7-5-16(20)6-8-17/h5-8,13-15H,9-12H2,1-4H3,(H,21,24)/p+1/t13-,14-,15+/m0/s1. The zero-order chi connectivity index (χ0) is 18.6. The predicted octanol–water partition coefficient (Wildman–Crippen LogP) is 1.17. The van der Waals surface area contributed by atoms with E-state index in [1.54, 1.807) is 0 Å². The molecular formula is C19H29FN3O2+. The van der Waals surface area contributed by atoms with Gasteiger partial charge in [-0.2, -0.15) is 0 Å². The summed E-state index contributed by atoms with van der Waals surface area (Å²) in [5, 5.41) is 2.74. The molecule has 1 aliphatic rings. The summed E-state index contributed by atoms with van der Waals surface area (Å²) < 4.78 is 12.9. The topological polar surface area (TPSA) is 53.9 Å². The summed E-state index contributed by atoms with van der Waals surface area (Å²) in [4.78, 5) is 27.7. The van der Waals surface area contributed by atoms with Crippen LogP contribution in [0.4, 0.5) is 10.1 Å². The third-order valence-electron chi connectivity index (χ3n) is 4.86. The third-order valence-corrected chi connectivity index (χ3v) is 4.86. The second-order valence-corrected chi connectivity index (χ2v) is 7.49. The van der Waals surface area contributed by atoms with E-state index in [2.05, 4.69) is 19.2 Å². The van der Waals surface area contributed by atoms with Crippen LogP contribution in [0.5, 0.6) is 0 Å². The number of nitrogens with zero attached hydrogens (tertiary/aromatic N) is 1. The van der Waals surface area contributed by atoms with Crippen LogP contribution >= 0.6 is 0 Å². The molecule has 25 heavy (non-hydrogen) atoms. The Balaban J connectivity index is 1.88. The Bertz CT molecular complexity index is 595. The van der Waals surface area contributed by atoms with Crippen molar-refractivity contribution in [1.82, 2.24) is 4.90 Å². The van der Waals surface area contributed by atoms with Crippen molar-refractivity contribution in [2.45, 2.75) is 33.2 Å². The van der Waals surface area contributed by atoms with Gasteiger partial charge in [-0.05, 0) is 49.4 Å². The zero-order valence-corrected chi connectivity index (χ0v) is 15.5. The summed E-state index contributed by atoms with van der Waals surface area (Å²) >= 11 is 0. The van der Waals surface area contributed by atoms with Gasteiger partial charge in [0.2, 0.25) is 0 Å². The first-order valence-electron chi connectivity index (χ1n) is 8.92. The van der Waals surface area contributed by atoms with Crippen molar-refractivity contribution in [2.24, 2.45) is 11.8 Å². The minimum atomic E-state index is -0.343. The van der Waals surface area contributed by atoms with Crippen molar-refractivity contribution in [3.8, 4) is 0 Å². The molecular weight excluding hydrogens is 321 g/mol. The number of halogens is 1. The second kappa shape index (κ2) is 8.43. The minimum absolute atomic E-state index is 0.102. The fraction of sp³-hybridized carbons (Fsp3) is 0.579. The average Bonchev–Trinajstić information content (AvgIpc) is 2.54. The van der Waals surface area contributed by atoms with Crippen LogP contribution in [0.2, 0.25) is 0 Å². The van der Waals surface area contributed by atoms with Gasteiger partial charge < -0.3 is 15.1 Å². The summed E-state index contributed by atoms with van der Waals surface area (Å²) in [5.41, 5.74) is 0.553. The molecule has 0 saturated carbocycles. The molecule has 0 aliphatic carbocycles. The number of carbonyl (C=O) groups is 2. The molecule has 1 aromatic carbocycles. The fourth-order valence-electron chi connectivity index (χ4n) is 3.47. The average molecular weight is 350 g/mol. The molecule has 5 nitrogen and oxygen atoms in total. The van der Waals surface area contributed by atoms with Crippen LogP contribution < -0.4 is 10.2 Å². The lowest BCUT2D eigenvalue weighted by molar-refractivity contribution is -0.886. The predicted molar refractivity (Wildman–Crippen MR) is 95.8 cm³/mol. The number of rotatable bonds is 5. The SMILES string of the molecule is C[C@H]1C[C@H](C)CN(C(=O)[C@@H](C)[NH+](C)CC(=O)Nc2ccc(F)cc2)C1. The van der Waals surface area contributed by atoms with Crippen LogP contribution in [0.1, 0.15) is 27.2 Å². The molecule has 4 atom stereocenters. The smallest absolute Gasteiger partial charge is 0.280 e. The lowest BCUT2D eigenvalue weighted by Crippen LogP contribution is -3.15. The Morgan fingerprint density at radius 3 is 2.36 bits per heavy atom. The van der Waals surface area contributed by atoms with Crippen molar-refractivity contribution in [1.29, 1.82) is 0 Å². The lowest BCUT2D eigenvalue weighted by Gasteiger charge is -2.36. The molecule has 2 N–H and O–H groups in total. The number of anilines is 1. The summed E-state index contributed by atoms with van der Waals surface area (Å²) in [6.45, 7) is 7.99. The summed E-state index contributed by atoms with van der Waals surface area (Å²) in [6.07, 6.45) is 1.15. The van der Waals surface area contributed by atoms with Gasteiger partial charge in [-0.3, -0.25) is 9.59 Å². The highest BCUT2D eigenvalue weighted by molar-refractivity contribution is 5.91. The molecule has 0 radical (unpaired) electrons. The maximum Gasteiger partial charge on any atom is 0.280 e. The number of nitrogens with one attached hydrogen (secondary N) is 2. The molecule has 1 saturated heterocycles. The molecule has 2 amide bonds. The molecule has 138 valence electrons. The molecule has 1 unspecified atom stereocenters. The van der Waals surface area contributed by atoms with Crippen LogP contribution in [-0.2, 0) is 9.59 Å². The highest BCUT2D eigenvalue weighted by Gasteiger charge is 2.32. The largest absolute Gasteiger partial charge is 0.337 e. The van der Waals surface area contributed by atoms with Crippen LogP contribution in [0, 0.1) is 17.7 Å². The quantitative estimate of drug-likeness (QED) is 0.838. The monoisotopic (exact) mass is 350 g/mol. The van der Waals surface area contributed by atoms with Gasteiger partial charge in [0.15, 0.2) is 12.6 Å². The summed E-state index contributed by atoms with van der Waals surface area (Å²) in [7, 11) is 1.85. The number of hydrogen-bond acceptors (Lipinski definition) is 2. The Kier molecular flexibility index (Phi) is 6.53. The molecule has 0 bridgehead atoms. The number of benzene rings is 1. The van der Waals surface area contributed by atoms with Crippen LogP contribution in [0.3, 0.4) is 0 Å². The van der Waals surface area contributed by atoms with Gasteiger partial charge in [0.1, 0.15) is 5.82 Å². The number of quaternary nitrogens is 1. The van der Waals surface area contributed by atoms with Gasteiger partial charge >= 0.3 is 0 Å². The Hall–Kier alpha value is -1.95. The Labute approximate surface area is 149 Å². The maximum absolute atomic E-state index is 12.9. The fourth-order valence-corrected chi connectivity index (χ4v) is 3.47. The van der Waals surface area contributed by atoms with Crippen molar-refractivity contribution in [3.63, 3.8) is 0 Å². The van der Waals surface area contributed by atoms with E-state index < -0.39 is 0 Å². The normalized spacial score (nSPS) is 23.0. The minimum Gasteiger partial charge on any atom is -0.337 e. The van der Waals surface area contributed by atoms with Gasteiger partial charge in [-0.25, -0.2) is 4.39 Å². The Morgan fingerprint density at radius 1 is 1.24 bits per heavy atom. The van der Waals surface area contributed by atoms with E-state index in [-0.39, 0.29) is 30.2 Å². The number of amides is 2. The van der Waals surface area contributed by atoms with Gasteiger partial charge in [-0.1, -0.05) is 13.8 Å². The van der Waals surface area contributed by atoms with E-state index in [9.17, 15) is 14.0 Å². The third kappa shape index (κ3) is 5.53. The van der Waals surface area contributed by atoms with Crippen LogP contribution in [0.25, 0.3) is 0 Å². The highest BCUT2D eigenvalue weighted by Crippen LogP contribution is 2.21. The lowest BCUT2D eigenvalue weighted by atomic mass is 9.91. The maximum atomic E-state index is 12.9. The van der Waals surface area contributed by atoms with Crippen molar-refractivity contribution in [3.05, 3.63) is 30.1 Å². The van der Waals surface area contributed by atoms with E-state index in [0.29, 0.717) is 17.5 Å². The number of hydrogen-bond donors (Lipinski definition) is 2. The molecule has 1 heterocycles. The first-order chi connectivity index (χ1) is 11.8. The van der Waals surface area contributed by atoms with Gasteiger partial charge in [0.25, 0.3) is 11.8 Å². The molecule has 0 spiro atoms. The summed E-state index contributed by atoms with van der Waals surface area (Å²) in [6, 6.07) is 5.37. The highest BCUT2D eigenvalue weighted by atomic mass is 19.1. The molecule has 6 heteroatoms. The Morgan fingerprint density at radius 2 is 1.80 bits per heavy atom. The number of carbonyl (C=O) groups excluding carboxylic acids is 2. The van der Waals surface area contributed by atoms with E-state index >= 15 is 0 Å². The van der Waals surface area contributed by atoms with E-state index in [4.69, 9.17) is 0 Å². The molecule has 1 fully saturated rings. The van der Waals surface area contributed by atoms with Crippen molar-refractivity contribution in [2.75, 3.05) is 32.0 Å². The van der Waals surface area contributed by atoms with E-state index in [1.165, 1.54) is 24.3 Å². The first-order valence-corrected chi connectivity index (χ1v) is 8.92. The number of likely N-dealkylation sites (N-methyl/N-ethyl adjacent to an activating group) is 1. The summed E-state index contributed by atoms with van der Waals surface area (Å²) in [5.74, 6) is 0.600. The second-order valence-electron chi connectivity index (χ2n) is 7.49.